The van der Waals surface area contributed by atoms with Crippen molar-refractivity contribution in [1.29, 1.82) is 0 Å². The fraction of sp³-hybridized carbons (Fsp3) is 0.609. The van der Waals surface area contributed by atoms with Crippen molar-refractivity contribution in [1.82, 2.24) is 10.2 Å². The zero-order chi connectivity index (χ0) is 19.4. The van der Waals surface area contributed by atoms with Gasteiger partial charge in [-0.1, -0.05) is 32.6 Å². The Kier molecular flexibility index (Phi) is 6.59. The van der Waals surface area contributed by atoms with Gasteiger partial charge in [-0.3, -0.25) is 4.90 Å². The Hall–Kier alpha value is -1.81. The van der Waals surface area contributed by atoms with Crippen LogP contribution in [0.4, 0.5) is 10.5 Å². The number of urea groups is 1. The number of amides is 2. The second-order valence-electron chi connectivity index (χ2n) is 8.73. The molecular formula is C23H35N3O. The summed E-state index contributed by atoms with van der Waals surface area (Å²) in [5, 5.41) is 2.84. The Morgan fingerprint density at radius 1 is 1.22 bits per heavy atom. The van der Waals surface area contributed by atoms with E-state index in [0.29, 0.717) is 6.54 Å². The monoisotopic (exact) mass is 369 g/mol. The molecule has 2 aliphatic rings. The number of rotatable bonds is 6. The number of nitrogens with zero attached hydrogens (tertiary/aromatic N) is 2. The highest BCUT2D eigenvalue weighted by atomic mass is 16.2. The van der Waals surface area contributed by atoms with E-state index in [4.69, 9.17) is 0 Å². The molecule has 0 bridgehead atoms. The van der Waals surface area contributed by atoms with Crippen molar-refractivity contribution in [3.05, 3.63) is 41.6 Å². The first-order chi connectivity index (χ1) is 12.9. The summed E-state index contributed by atoms with van der Waals surface area (Å²) in [6.45, 7) is 15.1. The zero-order valence-electron chi connectivity index (χ0n) is 17.3. The minimum absolute atomic E-state index is 0.0599. The van der Waals surface area contributed by atoms with Crippen molar-refractivity contribution in [2.75, 3.05) is 31.1 Å². The number of hydrogen-bond donors (Lipinski definition) is 1. The summed E-state index contributed by atoms with van der Waals surface area (Å²) >= 11 is 0. The molecule has 0 saturated carbocycles. The molecule has 0 radical (unpaired) electrons. The van der Waals surface area contributed by atoms with Crippen molar-refractivity contribution in [3.63, 3.8) is 0 Å². The summed E-state index contributed by atoms with van der Waals surface area (Å²) in [4.78, 5) is 16.7. The topological polar surface area (TPSA) is 35.6 Å². The third kappa shape index (κ3) is 5.35. The molecule has 1 aromatic carbocycles. The third-order valence-electron chi connectivity index (χ3n) is 5.89. The van der Waals surface area contributed by atoms with Gasteiger partial charge in [0.15, 0.2) is 0 Å². The van der Waals surface area contributed by atoms with Gasteiger partial charge in [0.1, 0.15) is 0 Å². The summed E-state index contributed by atoms with van der Waals surface area (Å²) < 4.78 is 0. The maximum Gasteiger partial charge on any atom is 0.326 e. The molecule has 4 nitrogen and oxygen atoms in total. The Morgan fingerprint density at radius 2 is 1.96 bits per heavy atom. The Morgan fingerprint density at radius 3 is 2.59 bits per heavy atom. The van der Waals surface area contributed by atoms with E-state index in [1.165, 1.54) is 50.0 Å². The molecule has 0 atom stereocenters. The second-order valence-corrected chi connectivity index (χ2v) is 8.73. The first kappa shape index (κ1) is 19.9. The van der Waals surface area contributed by atoms with Gasteiger partial charge in [-0.2, -0.15) is 0 Å². The van der Waals surface area contributed by atoms with Gasteiger partial charge in [0.2, 0.25) is 0 Å². The van der Waals surface area contributed by atoms with Gasteiger partial charge in [0, 0.05) is 30.9 Å². The van der Waals surface area contributed by atoms with Crippen LogP contribution in [0.25, 0.3) is 0 Å². The quantitative estimate of drug-likeness (QED) is 0.787. The van der Waals surface area contributed by atoms with E-state index in [9.17, 15) is 4.79 Å². The summed E-state index contributed by atoms with van der Waals surface area (Å²) in [5.41, 5.74) is 4.40. The lowest BCUT2D eigenvalue weighted by atomic mass is 9.90. The van der Waals surface area contributed by atoms with Gasteiger partial charge in [-0.25, -0.2) is 4.79 Å². The van der Waals surface area contributed by atoms with Gasteiger partial charge >= 0.3 is 6.03 Å². The number of likely N-dealkylation sites (tertiary alicyclic amines) is 1. The van der Waals surface area contributed by atoms with Crippen LogP contribution in [0, 0.1) is 18.8 Å². The molecule has 2 heterocycles. The summed E-state index contributed by atoms with van der Waals surface area (Å²) in [7, 11) is 0. The number of piperidine rings is 1. The summed E-state index contributed by atoms with van der Waals surface area (Å²) in [6, 6.07) is 6.52. The molecule has 2 fully saturated rings. The SMILES string of the molecule is C=C1CCN(c2ccc(CCC3CCN(CC(C)C)CC3)cc2C)C(=O)N1. The van der Waals surface area contributed by atoms with Crippen LogP contribution in [-0.4, -0.2) is 37.1 Å². The average molecular weight is 370 g/mol. The Labute approximate surface area is 164 Å². The van der Waals surface area contributed by atoms with Crippen LogP contribution in [0.1, 0.15) is 50.7 Å². The standard InChI is InChI=1S/C23H35N3O/c1-17(2)16-25-12-10-20(11-13-25)5-6-21-7-8-22(18(3)15-21)26-14-9-19(4)24-23(26)27/h7-8,15,17,20H,4-6,9-14,16H2,1-3H3,(H,24,27). The van der Waals surface area contributed by atoms with Crippen molar-refractivity contribution < 1.29 is 4.79 Å². The van der Waals surface area contributed by atoms with E-state index in [0.717, 1.165) is 36.1 Å². The third-order valence-corrected chi connectivity index (χ3v) is 5.89. The van der Waals surface area contributed by atoms with Gasteiger partial charge in [0.05, 0.1) is 0 Å². The zero-order valence-corrected chi connectivity index (χ0v) is 17.3. The number of hydrogen-bond acceptors (Lipinski definition) is 2. The first-order valence-corrected chi connectivity index (χ1v) is 10.5. The lowest BCUT2D eigenvalue weighted by Crippen LogP contribution is -2.45. The molecular weight excluding hydrogens is 334 g/mol. The highest BCUT2D eigenvalue weighted by molar-refractivity contribution is 5.94. The van der Waals surface area contributed by atoms with Crippen LogP contribution >= 0.6 is 0 Å². The number of nitrogens with one attached hydrogen (secondary N) is 1. The Balaban J connectivity index is 1.51. The summed E-state index contributed by atoms with van der Waals surface area (Å²) in [6.07, 6.45) is 5.89. The fourth-order valence-electron chi connectivity index (χ4n) is 4.38. The Bertz CT molecular complexity index is 674. The highest BCUT2D eigenvalue weighted by Gasteiger charge is 2.23. The van der Waals surface area contributed by atoms with Gasteiger partial charge in [-0.15, -0.1) is 0 Å². The molecule has 27 heavy (non-hydrogen) atoms. The molecule has 148 valence electrons. The van der Waals surface area contributed by atoms with E-state index < -0.39 is 0 Å². The molecule has 2 aliphatic heterocycles. The van der Waals surface area contributed by atoms with Crippen LogP contribution in [0.15, 0.2) is 30.5 Å². The van der Waals surface area contributed by atoms with Crippen molar-refractivity contribution in [2.24, 2.45) is 11.8 Å². The molecule has 2 amide bonds. The van der Waals surface area contributed by atoms with Crippen LogP contribution in [0.5, 0.6) is 0 Å². The highest BCUT2D eigenvalue weighted by Crippen LogP contribution is 2.27. The predicted molar refractivity (Wildman–Crippen MR) is 113 cm³/mol. The maximum atomic E-state index is 12.2. The predicted octanol–water partition coefficient (Wildman–Crippen LogP) is 4.73. The fourth-order valence-corrected chi connectivity index (χ4v) is 4.38. The molecule has 0 spiro atoms. The maximum absolute atomic E-state index is 12.2. The molecule has 0 unspecified atom stereocenters. The lowest BCUT2D eigenvalue weighted by Gasteiger charge is -2.33. The largest absolute Gasteiger partial charge is 0.326 e. The molecule has 0 aromatic heterocycles. The number of carbonyl (C=O) groups excluding carboxylic acids is 1. The van der Waals surface area contributed by atoms with Gasteiger partial charge < -0.3 is 10.2 Å². The van der Waals surface area contributed by atoms with E-state index in [2.05, 4.69) is 55.8 Å². The van der Waals surface area contributed by atoms with Crippen LogP contribution in [0.3, 0.4) is 0 Å². The van der Waals surface area contributed by atoms with E-state index in [1.807, 2.05) is 4.90 Å². The molecule has 3 rings (SSSR count). The lowest BCUT2D eigenvalue weighted by molar-refractivity contribution is 0.163. The van der Waals surface area contributed by atoms with Crippen molar-refractivity contribution in [3.8, 4) is 0 Å². The first-order valence-electron chi connectivity index (χ1n) is 10.5. The van der Waals surface area contributed by atoms with Crippen molar-refractivity contribution >= 4 is 11.7 Å². The number of carbonyl (C=O) groups is 1. The number of anilines is 1. The molecule has 1 aromatic rings. The van der Waals surface area contributed by atoms with E-state index in [1.54, 1.807) is 0 Å². The second kappa shape index (κ2) is 8.92. The number of aryl methyl sites for hydroxylation is 2. The van der Waals surface area contributed by atoms with E-state index in [-0.39, 0.29) is 6.03 Å². The molecule has 1 N–H and O–H groups in total. The van der Waals surface area contributed by atoms with Gasteiger partial charge in [-0.05, 0) is 74.7 Å². The van der Waals surface area contributed by atoms with Gasteiger partial charge in [0.25, 0.3) is 0 Å². The molecule has 0 aliphatic carbocycles. The summed E-state index contributed by atoms with van der Waals surface area (Å²) in [5.74, 6) is 1.62. The minimum Gasteiger partial charge on any atom is -0.312 e. The molecule has 4 heteroatoms. The number of benzene rings is 1. The molecule has 2 saturated heterocycles. The normalized spacial score (nSPS) is 19.6. The van der Waals surface area contributed by atoms with Crippen LogP contribution in [0.2, 0.25) is 0 Å². The van der Waals surface area contributed by atoms with Crippen LogP contribution < -0.4 is 10.2 Å². The average Bonchev–Trinajstić information content (AvgIpc) is 2.61. The minimum atomic E-state index is -0.0599. The smallest absolute Gasteiger partial charge is 0.312 e. The van der Waals surface area contributed by atoms with Crippen molar-refractivity contribution in [2.45, 2.75) is 52.9 Å². The van der Waals surface area contributed by atoms with Crippen LogP contribution in [-0.2, 0) is 6.42 Å². The van der Waals surface area contributed by atoms with E-state index >= 15 is 0 Å².